The van der Waals surface area contributed by atoms with Crippen molar-refractivity contribution in [2.75, 3.05) is 25.5 Å². The van der Waals surface area contributed by atoms with Gasteiger partial charge in [0, 0.05) is 27.1 Å². The van der Waals surface area contributed by atoms with E-state index in [1.165, 1.54) is 25.1 Å². The van der Waals surface area contributed by atoms with Crippen molar-refractivity contribution in [3.63, 3.8) is 0 Å². The standard InChI is InChI=1S/C12H15F3N4OS/c1-17-9(20)5-6-19(2)11-7(10(16)21)3-4-8(18-11)12(13,14)15/h3-4H,5-6H2,1-2H3,(H2,16,21)(H,17,20). The maximum absolute atomic E-state index is 12.7. The molecule has 0 saturated carbocycles. The van der Waals surface area contributed by atoms with Gasteiger partial charge in [-0.3, -0.25) is 4.79 Å². The van der Waals surface area contributed by atoms with E-state index < -0.39 is 11.9 Å². The largest absolute Gasteiger partial charge is 0.433 e. The molecule has 1 aromatic heterocycles. The summed E-state index contributed by atoms with van der Waals surface area (Å²) < 4.78 is 38.2. The molecule has 0 spiro atoms. The molecule has 0 bridgehead atoms. The average molecular weight is 320 g/mol. The lowest BCUT2D eigenvalue weighted by Crippen LogP contribution is -2.29. The maximum Gasteiger partial charge on any atom is 0.433 e. The highest BCUT2D eigenvalue weighted by Gasteiger charge is 2.33. The minimum Gasteiger partial charge on any atom is -0.389 e. The van der Waals surface area contributed by atoms with Crippen LogP contribution in [0.25, 0.3) is 0 Å². The molecule has 1 amide bonds. The van der Waals surface area contributed by atoms with Crippen LogP contribution in [0.3, 0.4) is 0 Å². The third kappa shape index (κ3) is 4.55. The molecule has 5 nitrogen and oxygen atoms in total. The fraction of sp³-hybridized carbons (Fsp3) is 0.417. The van der Waals surface area contributed by atoms with Crippen LogP contribution < -0.4 is 16.0 Å². The van der Waals surface area contributed by atoms with Crippen LogP contribution >= 0.6 is 12.2 Å². The highest BCUT2D eigenvalue weighted by molar-refractivity contribution is 7.80. The number of pyridine rings is 1. The van der Waals surface area contributed by atoms with Crippen LogP contribution in [0.4, 0.5) is 19.0 Å². The molecule has 0 unspecified atom stereocenters. The monoisotopic (exact) mass is 320 g/mol. The van der Waals surface area contributed by atoms with E-state index in [0.717, 1.165) is 6.07 Å². The van der Waals surface area contributed by atoms with Crippen molar-refractivity contribution >= 4 is 28.9 Å². The molecule has 0 saturated heterocycles. The number of carbonyl (C=O) groups excluding carboxylic acids is 1. The third-order valence-electron chi connectivity index (χ3n) is 2.75. The molecular weight excluding hydrogens is 305 g/mol. The molecule has 9 heteroatoms. The van der Waals surface area contributed by atoms with Crippen LogP contribution in [0, 0.1) is 0 Å². The van der Waals surface area contributed by atoms with Gasteiger partial charge in [0.1, 0.15) is 16.5 Å². The van der Waals surface area contributed by atoms with Gasteiger partial charge in [0.15, 0.2) is 0 Å². The zero-order valence-corrected chi connectivity index (χ0v) is 12.3. The topological polar surface area (TPSA) is 71.2 Å². The van der Waals surface area contributed by atoms with Crippen molar-refractivity contribution in [1.29, 1.82) is 0 Å². The predicted octanol–water partition coefficient (Wildman–Crippen LogP) is 1.31. The molecule has 1 heterocycles. The molecule has 0 aliphatic heterocycles. The lowest BCUT2D eigenvalue weighted by Gasteiger charge is -2.21. The van der Waals surface area contributed by atoms with Crippen LogP contribution in [0.2, 0.25) is 0 Å². The van der Waals surface area contributed by atoms with Gasteiger partial charge in [-0.2, -0.15) is 13.2 Å². The summed E-state index contributed by atoms with van der Waals surface area (Å²) >= 11 is 4.81. The second-order valence-corrected chi connectivity index (χ2v) is 4.71. The number of nitrogens with zero attached hydrogens (tertiary/aromatic N) is 2. The number of rotatable bonds is 5. The molecule has 21 heavy (non-hydrogen) atoms. The van der Waals surface area contributed by atoms with Gasteiger partial charge in [0.2, 0.25) is 5.91 Å². The summed E-state index contributed by atoms with van der Waals surface area (Å²) in [7, 11) is 3.00. The van der Waals surface area contributed by atoms with Gasteiger partial charge in [0.05, 0.1) is 5.56 Å². The summed E-state index contributed by atoms with van der Waals surface area (Å²) in [5, 5.41) is 2.43. The first-order chi connectivity index (χ1) is 9.66. The Morgan fingerprint density at radius 3 is 2.57 bits per heavy atom. The molecule has 0 fully saturated rings. The number of amides is 1. The van der Waals surface area contributed by atoms with Crippen LogP contribution in [-0.2, 0) is 11.0 Å². The molecule has 0 aromatic carbocycles. The Labute approximate surface area is 125 Å². The first-order valence-electron chi connectivity index (χ1n) is 5.96. The Kier molecular flexibility index (Phi) is 5.47. The summed E-state index contributed by atoms with van der Waals surface area (Å²) in [4.78, 5) is 16.1. The van der Waals surface area contributed by atoms with Crippen LogP contribution in [-0.4, -0.2) is 36.5 Å². The summed E-state index contributed by atoms with van der Waals surface area (Å²) in [6.45, 7) is 0.184. The van der Waals surface area contributed by atoms with Crippen LogP contribution in [0.1, 0.15) is 17.7 Å². The van der Waals surface area contributed by atoms with E-state index in [2.05, 4.69) is 10.3 Å². The van der Waals surface area contributed by atoms with E-state index in [1.807, 2.05) is 0 Å². The lowest BCUT2D eigenvalue weighted by atomic mass is 10.2. The van der Waals surface area contributed by atoms with E-state index in [4.69, 9.17) is 18.0 Å². The van der Waals surface area contributed by atoms with Gasteiger partial charge in [-0.1, -0.05) is 12.2 Å². The molecular formula is C12H15F3N4OS. The van der Waals surface area contributed by atoms with Gasteiger partial charge in [0.25, 0.3) is 0 Å². The van der Waals surface area contributed by atoms with Crippen molar-refractivity contribution in [3.05, 3.63) is 23.4 Å². The first-order valence-corrected chi connectivity index (χ1v) is 6.37. The molecule has 1 rings (SSSR count). The Balaban J connectivity index is 3.11. The number of carbonyl (C=O) groups is 1. The number of hydrogen-bond acceptors (Lipinski definition) is 4. The number of aromatic nitrogens is 1. The molecule has 0 aliphatic carbocycles. The Morgan fingerprint density at radius 2 is 2.10 bits per heavy atom. The normalized spacial score (nSPS) is 11.1. The minimum absolute atomic E-state index is 0.00114. The number of hydrogen-bond donors (Lipinski definition) is 2. The lowest BCUT2D eigenvalue weighted by molar-refractivity contribution is -0.141. The van der Waals surface area contributed by atoms with E-state index in [9.17, 15) is 18.0 Å². The second kappa shape index (κ2) is 6.70. The molecule has 0 radical (unpaired) electrons. The van der Waals surface area contributed by atoms with Crippen molar-refractivity contribution in [2.24, 2.45) is 5.73 Å². The average Bonchev–Trinajstić information content (AvgIpc) is 2.42. The highest BCUT2D eigenvalue weighted by atomic mass is 32.1. The van der Waals surface area contributed by atoms with Gasteiger partial charge < -0.3 is 16.0 Å². The third-order valence-corrected chi connectivity index (χ3v) is 2.97. The zero-order chi connectivity index (χ0) is 16.2. The van der Waals surface area contributed by atoms with E-state index in [1.54, 1.807) is 0 Å². The number of nitrogens with two attached hydrogens (primary N) is 1. The smallest absolute Gasteiger partial charge is 0.389 e. The second-order valence-electron chi connectivity index (χ2n) is 4.27. The fourth-order valence-corrected chi connectivity index (χ4v) is 1.75. The highest BCUT2D eigenvalue weighted by Crippen LogP contribution is 2.30. The van der Waals surface area contributed by atoms with E-state index >= 15 is 0 Å². The fourth-order valence-electron chi connectivity index (χ4n) is 1.59. The van der Waals surface area contributed by atoms with Crippen molar-refractivity contribution < 1.29 is 18.0 Å². The Morgan fingerprint density at radius 1 is 1.48 bits per heavy atom. The summed E-state index contributed by atoms with van der Waals surface area (Å²) in [5.74, 6) is -0.230. The van der Waals surface area contributed by atoms with Crippen LogP contribution in [0.15, 0.2) is 12.1 Å². The molecule has 116 valence electrons. The number of anilines is 1. The number of thiocarbonyl (C=S) groups is 1. The van der Waals surface area contributed by atoms with Crippen molar-refractivity contribution in [2.45, 2.75) is 12.6 Å². The van der Waals surface area contributed by atoms with Crippen LogP contribution in [0.5, 0.6) is 0 Å². The predicted molar refractivity (Wildman–Crippen MR) is 77.1 cm³/mol. The number of alkyl halides is 3. The maximum atomic E-state index is 12.7. The first kappa shape index (κ1) is 17.2. The summed E-state index contributed by atoms with van der Waals surface area (Å²) in [5.41, 5.74) is 4.69. The Bertz CT molecular complexity index is 548. The van der Waals surface area contributed by atoms with Crippen molar-refractivity contribution in [3.8, 4) is 0 Å². The summed E-state index contributed by atoms with van der Waals surface area (Å²) in [6, 6.07) is 2.01. The van der Waals surface area contributed by atoms with Crippen molar-refractivity contribution in [1.82, 2.24) is 10.3 Å². The quantitative estimate of drug-likeness (QED) is 0.801. The SMILES string of the molecule is CNC(=O)CCN(C)c1nc(C(F)(F)F)ccc1C(N)=S. The Hall–Kier alpha value is -1.90. The van der Waals surface area contributed by atoms with E-state index in [-0.39, 0.29) is 35.2 Å². The van der Waals surface area contributed by atoms with Gasteiger partial charge in [-0.15, -0.1) is 0 Å². The number of halogens is 3. The number of nitrogens with one attached hydrogen (secondary N) is 1. The summed E-state index contributed by atoms with van der Waals surface area (Å²) in [6.07, 6.45) is -4.45. The molecule has 1 aromatic rings. The van der Waals surface area contributed by atoms with E-state index in [0.29, 0.717) is 0 Å². The van der Waals surface area contributed by atoms with Gasteiger partial charge in [-0.25, -0.2) is 4.98 Å². The molecule has 0 atom stereocenters. The van der Waals surface area contributed by atoms with Gasteiger partial charge >= 0.3 is 6.18 Å². The van der Waals surface area contributed by atoms with Gasteiger partial charge in [-0.05, 0) is 12.1 Å². The molecule has 3 N–H and O–H groups in total. The molecule has 0 aliphatic rings. The zero-order valence-electron chi connectivity index (χ0n) is 11.5. The minimum atomic E-state index is -4.56.